The lowest BCUT2D eigenvalue weighted by molar-refractivity contribution is -0.165. The largest absolute Gasteiger partial charge is 0.480 e. The average molecular weight is 239 g/mol. The number of carbonyl (C=O) groups is 2. The normalized spacial score (nSPS) is 14.1. The molecule has 0 aromatic carbocycles. The standard InChI is InChI=1S/C9H12F3NO3/c1-5(2)7(8(15)16)13-4-3-6(14)9(10,11)12/h3-5,7,13H,1-2H3,(H,15,16)/b4-3-. The lowest BCUT2D eigenvalue weighted by Gasteiger charge is -2.15. The molecule has 0 saturated carbocycles. The Kier molecular flexibility index (Phi) is 5.00. The Morgan fingerprint density at radius 3 is 2.12 bits per heavy atom. The summed E-state index contributed by atoms with van der Waals surface area (Å²) >= 11 is 0. The van der Waals surface area contributed by atoms with E-state index in [0.717, 1.165) is 0 Å². The number of carbonyl (C=O) groups excluding carboxylic acids is 1. The van der Waals surface area contributed by atoms with E-state index in [4.69, 9.17) is 5.11 Å². The summed E-state index contributed by atoms with van der Waals surface area (Å²) in [6.07, 6.45) is -3.97. The molecule has 0 heterocycles. The van der Waals surface area contributed by atoms with Crippen LogP contribution < -0.4 is 5.32 Å². The molecule has 0 amide bonds. The summed E-state index contributed by atoms with van der Waals surface area (Å²) in [6.45, 7) is 3.18. The van der Waals surface area contributed by atoms with E-state index in [1.807, 2.05) is 0 Å². The molecule has 1 unspecified atom stereocenters. The van der Waals surface area contributed by atoms with Crippen molar-refractivity contribution in [3.63, 3.8) is 0 Å². The molecular formula is C9H12F3NO3. The zero-order chi connectivity index (χ0) is 12.9. The number of halogens is 3. The van der Waals surface area contributed by atoms with Crippen molar-refractivity contribution in [2.45, 2.75) is 26.1 Å². The summed E-state index contributed by atoms with van der Waals surface area (Å²) < 4.78 is 35.2. The molecule has 0 bridgehead atoms. The summed E-state index contributed by atoms with van der Waals surface area (Å²) in [5.74, 6) is -3.55. The summed E-state index contributed by atoms with van der Waals surface area (Å²) in [7, 11) is 0. The number of rotatable bonds is 5. The molecule has 0 fully saturated rings. The van der Waals surface area contributed by atoms with Crippen LogP contribution in [-0.4, -0.2) is 29.1 Å². The Morgan fingerprint density at radius 2 is 1.81 bits per heavy atom. The van der Waals surface area contributed by atoms with Gasteiger partial charge in [-0.15, -0.1) is 0 Å². The van der Waals surface area contributed by atoms with E-state index >= 15 is 0 Å². The van der Waals surface area contributed by atoms with E-state index in [0.29, 0.717) is 6.20 Å². The van der Waals surface area contributed by atoms with E-state index in [-0.39, 0.29) is 12.0 Å². The summed E-state index contributed by atoms with van der Waals surface area (Å²) in [5, 5.41) is 10.9. The second kappa shape index (κ2) is 5.53. The third-order valence-corrected chi connectivity index (χ3v) is 1.72. The van der Waals surface area contributed by atoms with Crippen LogP contribution in [0.5, 0.6) is 0 Å². The Bertz CT molecular complexity index is 297. The minimum Gasteiger partial charge on any atom is -0.480 e. The first-order valence-electron chi connectivity index (χ1n) is 4.42. The third-order valence-electron chi connectivity index (χ3n) is 1.72. The van der Waals surface area contributed by atoms with Crippen LogP contribution in [0.25, 0.3) is 0 Å². The molecule has 0 aromatic heterocycles. The molecule has 16 heavy (non-hydrogen) atoms. The quantitative estimate of drug-likeness (QED) is 0.710. The molecular weight excluding hydrogens is 227 g/mol. The molecule has 4 nitrogen and oxygen atoms in total. The van der Waals surface area contributed by atoms with Crippen molar-refractivity contribution in [1.82, 2.24) is 5.32 Å². The molecule has 0 aliphatic carbocycles. The summed E-state index contributed by atoms with van der Waals surface area (Å²) in [5.41, 5.74) is 0. The topological polar surface area (TPSA) is 66.4 Å². The zero-order valence-electron chi connectivity index (χ0n) is 8.71. The zero-order valence-corrected chi connectivity index (χ0v) is 8.71. The van der Waals surface area contributed by atoms with E-state index in [9.17, 15) is 22.8 Å². The van der Waals surface area contributed by atoms with Crippen LogP contribution >= 0.6 is 0 Å². The van der Waals surface area contributed by atoms with E-state index in [1.165, 1.54) is 0 Å². The monoisotopic (exact) mass is 239 g/mol. The number of hydrogen-bond donors (Lipinski definition) is 2. The van der Waals surface area contributed by atoms with Crippen LogP contribution in [0.4, 0.5) is 13.2 Å². The predicted octanol–water partition coefficient (Wildman–Crippen LogP) is 1.33. The molecule has 2 N–H and O–H groups in total. The molecule has 92 valence electrons. The van der Waals surface area contributed by atoms with Crippen molar-refractivity contribution in [3.8, 4) is 0 Å². The van der Waals surface area contributed by atoms with Gasteiger partial charge in [0, 0.05) is 12.3 Å². The number of nitrogens with one attached hydrogen (secondary N) is 1. The van der Waals surface area contributed by atoms with Crippen molar-refractivity contribution >= 4 is 11.8 Å². The second-order valence-electron chi connectivity index (χ2n) is 3.42. The maximum absolute atomic E-state index is 11.7. The third kappa shape index (κ3) is 4.81. The predicted molar refractivity (Wildman–Crippen MR) is 49.6 cm³/mol. The van der Waals surface area contributed by atoms with Crippen LogP contribution in [0.15, 0.2) is 12.3 Å². The highest BCUT2D eigenvalue weighted by Crippen LogP contribution is 2.16. The fourth-order valence-electron chi connectivity index (χ4n) is 0.871. The Labute approximate surface area is 90.1 Å². The molecule has 0 aromatic rings. The SMILES string of the molecule is CC(C)C(N/C=C\C(=O)C(F)(F)F)C(=O)O. The number of alkyl halides is 3. The first kappa shape index (κ1) is 14.5. The maximum atomic E-state index is 11.7. The minimum atomic E-state index is -4.94. The Balaban J connectivity index is 4.38. The Hall–Kier alpha value is -1.53. The summed E-state index contributed by atoms with van der Waals surface area (Å²) in [6, 6.07) is -1.03. The van der Waals surface area contributed by atoms with Crippen molar-refractivity contribution in [2.75, 3.05) is 0 Å². The van der Waals surface area contributed by atoms with Crippen molar-refractivity contribution in [1.29, 1.82) is 0 Å². The first-order chi connectivity index (χ1) is 7.16. The second-order valence-corrected chi connectivity index (χ2v) is 3.42. The van der Waals surface area contributed by atoms with Crippen LogP contribution in [0.1, 0.15) is 13.8 Å². The minimum absolute atomic E-state index is 0.262. The highest BCUT2D eigenvalue weighted by atomic mass is 19.4. The van der Waals surface area contributed by atoms with Gasteiger partial charge in [-0.1, -0.05) is 13.8 Å². The van der Waals surface area contributed by atoms with Gasteiger partial charge >= 0.3 is 12.1 Å². The van der Waals surface area contributed by atoms with Crippen molar-refractivity contribution in [3.05, 3.63) is 12.3 Å². The molecule has 0 rings (SSSR count). The van der Waals surface area contributed by atoms with Gasteiger partial charge in [0.05, 0.1) is 0 Å². The van der Waals surface area contributed by atoms with Gasteiger partial charge in [0.1, 0.15) is 6.04 Å². The van der Waals surface area contributed by atoms with E-state index in [1.54, 1.807) is 13.8 Å². The van der Waals surface area contributed by atoms with E-state index in [2.05, 4.69) is 5.32 Å². The van der Waals surface area contributed by atoms with Crippen LogP contribution in [0.3, 0.4) is 0 Å². The average Bonchev–Trinajstić information content (AvgIpc) is 2.08. The molecule has 0 radical (unpaired) electrons. The van der Waals surface area contributed by atoms with Gasteiger partial charge in [-0.2, -0.15) is 13.2 Å². The molecule has 7 heteroatoms. The van der Waals surface area contributed by atoms with E-state index < -0.39 is 24.0 Å². The Morgan fingerprint density at radius 1 is 1.31 bits per heavy atom. The lowest BCUT2D eigenvalue weighted by Crippen LogP contribution is -2.38. The molecule has 1 atom stereocenters. The fourth-order valence-corrected chi connectivity index (χ4v) is 0.871. The van der Waals surface area contributed by atoms with Gasteiger partial charge < -0.3 is 10.4 Å². The van der Waals surface area contributed by atoms with Crippen molar-refractivity contribution in [2.24, 2.45) is 5.92 Å². The van der Waals surface area contributed by atoms with Gasteiger partial charge in [0.15, 0.2) is 0 Å². The number of aliphatic carboxylic acids is 1. The van der Waals surface area contributed by atoms with Gasteiger partial charge in [0.25, 0.3) is 5.78 Å². The molecule has 0 aliphatic heterocycles. The number of allylic oxidation sites excluding steroid dienone is 1. The fraction of sp³-hybridized carbons (Fsp3) is 0.556. The number of carboxylic acid groups (broad SMARTS) is 1. The molecule has 0 spiro atoms. The first-order valence-corrected chi connectivity index (χ1v) is 4.42. The maximum Gasteiger partial charge on any atom is 0.454 e. The smallest absolute Gasteiger partial charge is 0.454 e. The van der Waals surface area contributed by atoms with Crippen LogP contribution in [0.2, 0.25) is 0 Å². The number of ketones is 1. The highest BCUT2D eigenvalue weighted by molar-refractivity contribution is 5.94. The summed E-state index contributed by atoms with van der Waals surface area (Å²) in [4.78, 5) is 21.0. The molecule has 0 aliphatic rings. The van der Waals surface area contributed by atoms with Gasteiger partial charge in [-0.3, -0.25) is 4.79 Å². The van der Waals surface area contributed by atoms with Gasteiger partial charge in [-0.05, 0) is 5.92 Å². The number of carboxylic acids is 1. The lowest BCUT2D eigenvalue weighted by atomic mass is 10.1. The van der Waals surface area contributed by atoms with Crippen LogP contribution in [0, 0.1) is 5.92 Å². The van der Waals surface area contributed by atoms with Gasteiger partial charge in [-0.25, -0.2) is 4.79 Å². The number of hydrogen-bond acceptors (Lipinski definition) is 3. The van der Waals surface area contributed by atoms with Crippen molar-refractivity contribution < 1.29 is 27.9 Å². The van der Waals surface area contributed by atoms with Crippen LogP contribution in [-0.2, 0) is 9.59 Å². The van der Waals surface area contributed by atoms with Gasteiger partial charge in [0.2, 0.25) is 0 Å². The highest BCUT2D eigenvalue weighted by Gasteiger charge is 2.36. The molecule has 0 saturated heterocycles.